The number of hydrogen-bond acceptors (Lipinski definition) is 3. The highest BCUT2D eigenvalue weighted by molar-refractivity contribution is 7.82. The Morgan fingerprint density at radius 2 is 2.44 bits per heavy atom. The Balaban J connectivity index is 2.61. The van der Waals surface area contributed by atoms with Crippen molar-refractivity contribution in [2.45, 2.75) is 6.42 Å². The molecule has 1 heterocycles. The average Bonchev–Trinajstić information content (AvgIpc) is 1.91. The zero-order valence-corrected chi connectivity index (χ0v) is 5.75. The second-order valence-corrected chi connectivity index (χ2v) is 1.95. The highest BCUT2D eigenvalue weighted by atomic mass is 32.1. The van der Waals surface area contributed by atoms with Gasteiger partial charge in [0.1, 0.15) is 0 Å². The van der Waals surface area contributed by atoms with Crippen molar-refractivity contribution in [3.63, 3.8) is 0 Å². The molecule has 0 aliphatic heterocycles. The van der Waals surface area contributed by atoms with Crippen LogP contribution in [0.2, 0.25) is 0 Å². The minimum absolute atomic E-state index is 0.775. The minimum Gasteiger partial charge on any atom is -0.261 e. The predicted molar refractivity (Wildman–Crippen MR) is 39.0 cm³/mol. The van der Waals surface area contributed by atoms with Gasteiger partial charge in [-0.1, -0.05) is 0 Å². The molecule has 0 N–H and O–H groups in total. The van der Waals surface area contributed by atoms with Gasteiger partial charge in [-0.05, 0) is 0 Å². The molecule has 0 saturated carbocycles. The topological polar surface area (TPSA) is 25.8 Å². The Kier molecular flexibility index (Phi) is 2.51. The maximum absolute atomic E-state index is 4.03. The number of thiol groups is 1. The molecule has 1 rings (SSSR count). The van der Waals surface area contributed by atoms with Crippen LogP contribution in [0.4, 0.5) is 0 Å². The zero-order chi connectivity index (χ0) is 6.53. The molecular formula is C6H7N2S. The summed E-state index contributed by atoms with van der Waals surface area (Å²) in [6.07, 6.45) is 5.83. The van der Waals surface area contributed by atoms with E-state index in [0.717, 1.165) is 12.1 Å². The van der Waals surface area contributed by atoms with Gasteiger partial charge >= 0.3 is 0 Å². The molecule has 0 amide bonds. The lowest BCUT2D eigenvalue weighted by molar-refractivity contribution is 1.05. The van der Waals surface area contributed by atoms with Crippen LogP contribution in [-0.2, 0) is 6.42 Å². The summed E-state index contributed by atoms with van der Waals surface area (Å²) in [6.45, 7) is 0. The van der Waals surface area contributed by atoms with E-state index < -0.39 is 0 Å². The van der Waals surface area contributed by atoms with Crippen LogP contribution in [0.15, 0.2) is 18.6 Å². The number of nitrogens with zero attached hydrogens (tertiary/aromatic N) is 2. The van der Waals surface area contributed by atoms with Crippen molar-refractivity contribution in [2.75, 3.05) is 0 Å². The number of rotatable bonds is 2. The van der Waals surface area contributed by atoms with E-state index in [9.17, 15) is 0 Å². The van der Waals surface area contributed by atoms with Gasteiger partial charge in [0.2, 0.25) is 0 Å². The van der Waals surface area contributed by atoms with E-state index >= 15 is 0 Å². The molecule has 0 fully saturated rings. The lowest BCUT2D eigenvalue weighted by Crippen LogP contribution is -1.87. The van der Waals surface area contributed by atoms with Crippen molar-refractivity contribution in [2.24, 2.45) is 0 Å². The molecule has 47 valence electrons. The Hall–Kier alpha value is -0.570. The molecule has 9 heavy (non-hydrogen) atoms. The molecule has 0 atom stereocenters. The third-order valence-electron chi connectivity index (χ3n) is 0.917. The normalized spacial score (nSPS) is 9.44. The van der Waals surface area contributed by atoms with Crippen LogP contribution in [0, 0.1) is 5.75 Å². The molecule has 2 nitrogen and oxygen atoms in total. The number of aromatic nitrogens is 2. The van der Waals surface area contributed by atoms with Crippen LogP contribution < -0.4 is 0 Å². The lowest BCUT2D eigenvalue weighted by Gasteiger charge is -1.91. The van der Waals surface area contributed by atoms with Gasteiger partial charge in [-0.25, -0.2) is 0 Å². The van der Waals surface area contributed by atoms with Crippen LogP contribution in [-0.4, -0.2) is 9.97 Å². The van der Waals surface area contributed by atoms with Crippen molar-refractivity contribution >= 4 is 12.6 Å². The van der Waals surface area contributed by atoms with Gasteiger partial charge < -0.3 is 0 Å². The third kappa shape index (κ3) is 2.01. The monoisotopic (exact) mass is 139 g/mol. The first-order chi connectivity index (χ1) is 4.43. The summed E-state index contributed by atoms with van der Waals surface area (Å²) in [7, 11) is 0. The molecule has 1 aromatic rings. The van der Waals surface area contributed by atoms with Gasteiger partial charge in [0, 0.05) is 30.8 Å². The molecule has 0 aromatic carbocycles. The lowest BCUT2D eigenvalue weighted by atomic mass is 10.4. The first-order valence-electron chi connectivity index (χ1n) is 2.64. The van der Waals surface area contributed by atoms with E-state index in [-0.39, 0.29) is 0 Å². The quantitative estimate of drug-likeness (QED) is 0.621. The van der Waals surface area contributed by atoms with E-state index in [1.54, 1.807) is 24.3 Å². The fraction of sp³-hybridized carbons (Fsp3) is 0.167. The summed E-state index contributed by atoms with van der Waals surface area (Å²) < 4.78 is 0. The summed E-state index contributed by atoms with van der Waals surface area (Å²) in [4.78, 5) is 7.91. The summed E-state index contributed by atoms with van der Waals surface area (Å²) in [5.41, 5.74) is 0.951. The van der Waals surface area contributed by atoms with Crippen molar-refractivity contribution in [3.8, 4) is 0 Å². The summed E-state index contributed by atoms with van der Waals surface area (Å²) >= 11 is 3.94. The largest absolute Gasteiger partial charge is 0.261 e. The first-order valence-corrected chi connectivity index (χ1v) is 3.16. The first kappa shape index (κ1) is 6.55. The van der Waals surface area contributed by atoms with Gasteiger partial charge in [0.15, 0.2) is 0 Å². The average molecular weight is 139 g/mol. The fourth-order valence-electron chi connectivity index (χ4n) is 0.529. The predicted octanol–water partition coefficient (Wildman–Crippen LogP) is 1.11. The maximum Gasteiger partial charge on any atom is 0.0598 e. The Bertz CT molecular complexity index is 164. The molecule has 1 radical (unpaired) electrons. The van der Waals surface area contributed by atoms with E-state index in [1.165, 1.54) is 0 Å². The van der Waals surface area contributed by atoms with Gasteiger partial charge in [-0.15, -0.1) is 0 Å². The second kappa shape index (κ2) is 3.45. The molecule has 0 saturated heterocycles. The molecule has 0 unspecified atom stereocenters. The molecule has 0 aliphatic rings. The minimum atomic E-state index is 0.775. The Morgan fingerprint density at radius 1 is 1.56 bits per heavy atom. The molecule has 0 spiro atoms. The van der Waals surface area contributed by atoms with Gasteiger partial charge in [-0.2, -0.15) is 12.6 Å². The van der Waals surface area contributed by atoms with Gasteiger partial charge in [-0.3, -0.25) is 9.97 Å². The van der Waals surface area contributed by atoms with Crippen LogP contribution in [0.5, 0.6) is 0 Å². The zero-order valence-electron chi connectivity index (χ0n) is 4.86. The molecule has 3 heteroatoms. The number of hydrogen-bond donors (Lipinski definition) is 1. The Labute approximate surface area is 59.8 Å². The molecule has 1 aromatic heterocycles. The standard InChI is InChI=1S/C6H7N2S/c9-4-1-6-5-7-2-3-8-6/h2-5,9H,1H2. The molecular weight excluding hydrogens is 132 g/mol. The second-order valence-electron chi connectivity index (χ2n) is 1.58. The summed E-state index contributed by atoms with van der Waals surface area (Å²) in [6, 6.07) is 0. The smallest absolute Gasteiger partial charge is 0.0598 e. The van der Waals surface area contributed by atoms with Crippen LogP contribution >= 0.6 is 12.6 Å². The summed E-state index contributed by atoms with van der Waals surface area (Å²) in [5, 5.41) is 0. The fourth-order valence-corrected chi connectivity index (χ4v) is 0.716. The molecule has 0 bridgehead atoms. The van der Waals surface area contributed by atoms with Crippen LogP contribution in [0.3, 0.4) is 0 Å². The van der Waals surface area contributed by atoms with Gasteiger partial charge in [0.05, 0.1) is 5.69 Å². The van der Waals surface area contributed by atoms with Crippen molar-refractivity contribution in [1.29, 1.82) is 0 Å². The van der Waals surface area contributed by atoms with Crippen LogP contribution in [0.25, 0.3) is 0 Å². The van der Waals surface area contributed by atoms with E-state index in [1.807, 2.05) is 0 Å². The van der Waals surface area contributed by atoms with E-state index in [2.05, 4.69) is 22.6 Å². The van der Waals surface area contributed by atoms with Crippen LogP contribution in [0.1, 0.15) is 5.69 Å². The van der Waals surface area contributed by atoms with Gasteiger partial charge in [0.25, 0.3) is 0 Å². The SMILES string of the molecule is S[CH]Cc1cnccn1. The van der Waals surface area contributed by atoms with Crippen molar-refractivity contribution in [3.05, 3.63) is 30.0 Å². The highest BCUT2D eigenvalue weighted by Gasteiger charge is 1.88. The highest BCUT2D eigenvalue weighted by Crippen LogP contribution is 1.95. The third-order valence-corrected chi connectivity index (χ3v) is 1.10. The summed E-state index contributed by atoms with van der Waals surface area (Å²) in [5.74, 6) is 1.75. The van der Waals surface area contributed by atoms with Crippen molar-refractivity contribution in [1.82, 2.24) is 9.97 Å². The molecule has 0 aliphatic carbocycles. The Morgan fingerprint density at radius 3 is 3.00 bits per heavy atom. The van der Waals surface area contributed by atoms with E-state index in [0.29, 0.717) is 0 Å². The van der Waals surface area contributed by atoms with Crippen molar-refractivity contribution < 1.29 is 0 Å². The van der Waals surface area contributed by atoms with E-state index in [4.69, 9.17) is 0 Å². The maximum atomic E-state index is 4.03.